The fourth-order valence-electron chi connectivity index (χ4n) is 4.01. The highest BCUT2D eigenvalue weighted by Crippen LogP contribution is 2.25. The standard InChI is InChI=1S/C22H26N4O4S/c1-16-22(31(28,29)24(3)14-20-9-6-12-30-20)17(2)26(23-16)15-21(27)25-11-10-18-7-4-5-8-19(18)13-25/h4-9,12H,10-11,13-15H2,1-3H3. The Balaban J connectivity index is 1.52. The lowest BCUT2D eigenvalue weighted by Crippen LogP contribution is -2.38. The van der Waals surface area contributed by atoms with E-state index in [-0.39, 0.29) is 23.9 Å². The maximum Gasteiger partial charge on any atom is 0.246 e. The van der Waals surface area contributed by atoms with Gasteiger partial charge < -0.3 is 9.32 Å². The number of nitrogens with zero attached hydrogens (tertiary/aromatic N) is 4. The molecule has 4 rings (SSSR count). The molecule has 2 aromatic heterocycles. The molecule has 0 N–H and O–H groups in total. The first kappa shape index (κ1) is 21.3. The van der Waals surface area contributed by atoms with Crippen LogP contribution in [0.3, 0.4) is 0 Å². The minimum atomic E-state index is -3.79. The Morgan fingerprint density at radius 1 is 1.16 bits per heavy atom. The van der Waals surface area contributed by atoms with Crippen LogP contribution >= 0.6 is 0 Å². The number of hydrogen-bond acceptors (Lipinski definition) is 5. The second-order valence-electron chi connectivity index (χ2n) is 7.83. The van der Waals surface area contributed by atoms with Crippen molar-refractivity contribution in [3.05, 3.63) is 70.9 Å². The van der Waals surface area contributed by atoms with E-state index >= 15 is 0 Å². The smallest absolute Gasteiger partial charge is 0.246 e. The van der Waals surface area contributed by atoms with E-state index in [0.717, 1.165) is 12.0 Å². The number of hydrogen-bond donors (Lipinski definition) is 0. The zero-order chi connectivity index (χ0) is 22.2. The van der Waals surface area contributed by atoms with Gasteiger partial charge in [0.05, 0.1) is 24.2 Å². The molecular weight excluding hydrogens is 416 g/mol. The van der Waals surface area contributed by atoms with Gasteiger partial charge in [-0.05, 0) is 43.5 Å². The van der Waals surface area contributed by atoms with Gasteiger partial charge in [0.25, 0.3) is 0 Å². The van der Waals surface area contributed by atoms with Crippen LogP contribution in [0, 0.1) is 13.8 Å². The van der Waals surface area contributed by atoms with Gasteiger partial charge in [0.2, 0.25) is 15.9 Å². The van der Waals surface area contributed by atoms with E-state index in [0.29, 0.717) is 30.2 Å². The molecule has 0 saturated heterocycles. The molecule has 0 saturated carbocycles. The van der Waals surface area contributed by atoms with E-state index < -0.39 is 10.0 Å². The molecule has 0 bridgehead atoms. The van der Waals surface area contributed by atoms with Crippen LogP contribution in [0.25, 0.3) is 0 Å². The molecule has 0 fully saturated rings. The Bertz CT molecular complexity index is 1200. The van der Waals surface area contributed by atoms with E-state index in [4.69, 9.17) is 4.42 Å². The molecule has 1 aliphatic heterocycles. The predicted molar refractivity (Wildman–Crippen MR) is 115 cm³/mol. The summed E-state index contributed by atoms with van der Waals surface area (Å²) in [4.78, 5) is 14.9. The van der Waals surface area contributed by atoms with Crippen LogP contribution in [-0.4, -0.2) is 46.9 Å². The minimum Gasteiger partial charge on any atom is -0.468 e. The molecule has 1 aromatic carbocycles. The van der Waals surface area contributed by atoms with Gasteiger partial charge in [0.15, 0.2) is 0 Å². The maximum absolute atomic E-state index is 13.2. The fourth-order valence-corrected chi connectivity index (χ4v) is 5.51. The van der Waals surface area contributed by atoms with Gasteiger partial charge in [0.1, 0.15) is 17.2 Å². The summed E-state index contributed by atoms with van der Waals surface area (Å²) in [6, 6.07) is 11.6. The van der Waals surface area contributed by atoms with E-state index in [1.807, 2.05) is 18.2 Å². The molecule has 3 aromatic rings. The van der Waals surface area contributed by atoms with Crippen molar-refractivity contribution in [3.8, 4) is 0 Å². The summed E-state index contributed by atoms with van der Waals surface area (Å²) < 4.78 is 34.3. The van der Waals surface area contributed by atoms with Crippen molar-refractivity contribution in [1.82, 2.24) is 19.0 Å². The van der Waals surface area contributed by atoms with Crippen molar-refractivity contribution < 1.29 is 17.6 Å². The van der Waals surface area contributed by atoms with Crippen molar-refractivity contribution >= 4 is 15.9 Å². The number of carbonyl (C=O) groups is 1. The van der Waals surface area contributed by atoms with Crippen LogP contribution < -0.4 is 0 Å². The molecule has 0 spiro atoms. The zero-order valence-electron chi connectivity index (χ0n) is 17.9. The van der Waals surface area contributed by atoms with E-state index in [1.165, 1.54) is 27.9 Å². The van der Waals surface area contributed by atoms with Crippen molar-refractivity contribution in [1.29, 1.82) is 0 Å². The average molecular weight is 443 g/mol. The number of aromatic nitrogens is 2. The lowest BCUT2D eigenvalue weighted by molar-refractivity contribution is -0.133. The molecule has 0 atom stereocenters. The third-order valence-corrected chi connectivity index (χ3v) is 7.77. The van der Waals surface area contributed by atoms with Crippen LogP contribution in [0.1, 0.15) is 28.3 Å². The number of rotatable bonds is 6. The Morgan fingerprint density at radius 2 is 1.90 bits per heavy atom. The first-order valence-corrected chi connectivity index (χ1v) is 11.6. The van der Waals surface area contributed by atoms with Gasteiger partial charge in [-0.15, -0.1) is 0 Å². The van der Waals surface area contributed by atoms with E-state index in [2.05, 4.69) is 11.2 Å². The Hall–Kier alpha value is -2.91. The topological polar surface area (TPSA) is 88.7 Å². The number of sulfonamides is 1. The lowest BCUT2D eigenvalue weighted by atomic mass is 10.00. The molecule has 31 heavy (non-hydrogen) atoms. The third-order valence-electron chi connectivity index (χ3n) is 5.71. The zero-order valence-corrected chi connectivity index (χ0v) is 18.7. The summed E-state index contributed by atoms with van der Waals surface area (Å²) in [5.41, 5.74) is 3.25. The summed E-state index contributed by atoms with van der Waals surface area (Å²) in [7, 11) is -2.29. The largest absolute Gasteiger partial charge is 0.468 e. The first-order valence-electron chi connectivity index (χ1n) is 10.1. The van der Waals surface area contributed by atoms with Crippen LogP contribution in [-0.2, 0) is 40.9 Å². The van der Waals surface area contributed by atoms with Gasteiger partial charge in [0, 0.05) is 20.1 Å². The quantitative estimate of drug-likeness (QED) is 0.585. The number of fused-ring (bicyclic) bond motifs is 1. The molecular formula is C22H26N4O4S. The van der Waals surface area contributed by atoms with Crippen LogP contribution in [0.15, 0.2) is 52.0 Å². The van der Waals surface area contributed by atoms with Gasteiger partial charge in [-0.2, -0.15) is 9.40 Å². The predicted octanol–water partition coefficient (Wildman–Crippen LogP) is 2.50. The molecule has 0 aliphatic carbocycles. The lowest BCUT2D eigenvalue weighted by Gasteiger charge is -2.29. The SMILES string of the molecule is Cc1nn(CC(=O)N2CCc3ccccc3C2)c(C)c1S(=O)(=O)N(C)Cc1ccco1. The van der Waals surface area contributed by atoms with Gasteiger partial charge >= 0.3 is 0 Å². The van der Waals surface area contributed by atoms with Crippen LogP contribution in [0.5, 0.6) is 0 Å². The molecule has 1 aliphatic rings. The molecule has 1 amide bonds. The summed E-state index contributed by atoms with van der Waals surface area (Å²) in [5, 5.41) is 4.37. The highest BCUT2D eigenvalue weighted by atomic mass is 32.2. The molecule has 164 valence electrons. The molecule has 8 nitrogen and oxygen atoms in total. The highest BCUT2D eigenvalue weighted by Gasteiger charge is 2.30. The van der Waals surface area contributed by atoms with Crippen molar-refractivity contribution in [2.75, 3.05) is 13.6 Å². The van der Waals surface area contributed by atoms with Gasteiger partial charge in [-0.25, -0.2) is 8.42 Å². The maximum atomic E-state index is 13.2. The summed E-state index contributed by atoms with van der Waals surface area (Å²) >= 11 is 0. The van der Waals surface area contributed by atoms with Crippen LogP contribution in [0.2, 0.25) is 0 Å². The Labute approximate surface area is 182 Å². The Morgan fingerprint density at radius 3 is 2.61 bits per heavy atom. The highest BCUT2D eigenvalue weighted by molar-refractivity contribution is 7.89. The van der Waals surface area contributed by atoms with Gasteiger partial charge in [-0.3, -0.25) is 9.48 Å². The third kappa shape index (κ3) is 4.15. The average Bonchev–Trinajstić information content (AvgIpc) is 3.35. The van der Waals surface area contributed by atoms with E-state index in [1.54, 1.807) is 30.9 Å². The fraction of sp³-hybridized carbons (Fsp3) is 0.364. The minimum absolute atomic E-state index is 0.00621. The number of carbonyl (C=O) groups excluding carboxylic acids is 1. The molecule has 9 heteroatoms. The molecule has 3 heterocycles. The van der Waals surface area contributed by atoms with Crippen LogP contribution in [0.4, 0.5) is 0 Å². The number of benzene rings is 1. The van der Waals surface area contributed by atoms with Crippen molar-refractivity contribution in [2.45, 2.75) is 44.8 Å². The monoisotopic (exact) mass is 442 g/mol. The first-order chi connectivity index (χ1) is 14.8. The van der Waals surface area contributed by atoms with Crippen molar-refractivity contribution in [2.24, 2.45) is 0 Å². The number of amides is 1. The summed E-state index contributed by atoms with van der Waals surface area (Å²) in [6.45, 7) is 4.67. The molecule has 0 radical (unpaired) electrons. The Kier molecular flexibility index (Phi) is 5.72. The second kappa shape index (κ2) is 8.32. The van der Waals surface area contributed by atoms with Crippen molar-refractivity contribution in [3.63, 3.8) is 0 Å². The number of furan rings is 1. The van der Waals surface area contributed by atoms with E-state index in [9.17, 15) is 13.2 Å². The normalized spacial score (nSPS) is 14.1. The number of aryl methyl sites for hydroxylation is 1. The summed E-state index contributed by atoms with van der Waals surface area (Å²) in [5.74, 6) is 0.474. The van der Waals surface area contributed by atoms with Gasteiger partial charge in [-0.1, -0.05) is 24.3 Å². The molecule has 0 unspecified atom stereocenters. The second-order valence-corrected chi connectivity index (χ2v) is 9.81. The summed E-state index contributed by atoms with van der Waals surface area (Å²) in [6.07, 6.45) is 2.32.